The third-order valence-electron chi connectivity index (χ3n) is 3.57. The molecule has 0 aliphatic heterocycles. The van der Waals surface area contributed by atoms with E-state index in [1.54, 1.807) is 19.9 Å². The van der Waals surface area contributed by atoms with Gasteiger partial charge in [0.1, 0.15) is 11.4 Å². The second-order valence-corrected chi connectivity index (χ2v) is 8.15. The van der Waals surface area contributed by atoms with Crippen LogP contribution in [0.2, 0.25) is 0 Å². The average molecular weight is 386 g/mol. The lowest BCUT2D eigenvalue weighted by molar-refractivity contribution is 0.215. The molecular formula is C17H23O6PS. The number of aromatic hydroxyl groups is 1. The zero-order valence-electron chi connectivity index (χ0n) is 14.7. The Balaban J connectivity index is 2.67. The Labute approximate surface area is 151 Å². The van der Waals surface area contributed by atoms with E-state index in [0.29, 0.717) is 17.1 Å². The molecule has 138 valence electrons. The molecule has 25 heavy (non-hydrogen) atoms. The summed E-state index contributed by atoms with van der Waals surface area (Å²) in [5.41, 5.74) is -0.350. The number of phenols is 1. The van der Waals surface area contributed by atoms with Crippen molar-refractivity contribution < 1.29 is 28.2 Å². The maximum Gasteiger partial charge on any atom is 0.343 e. The predicted molar refractivity (Wildman–Crippen MR) is 98.2 cm³/mol. The van der Waals surface area contributed by atoms with Crippen LogP contribution >= 0.6 is 18.9 Å². The molecule has 0 radical (unpaired) electrons. The van der Waals surface area contributed by atoms with Crippen LogP contribution in [-0.2, 0) is 13.6 Å². The number of benzene rings is 1. The lowest BCUT2D eigenvalue weighted by atomic mass is 10.1. The van der Waals surface area contributed by atoms with Gasteiger partial charge >= 0.3 is 7.60 Å². The zero-order valence-corrected chi connectivity index (χ0v) is 16.4. The summed E-state index contributed by atoms with van der Waals surface area (Å²) in [6.07, 6.45) is 0. The lowest BCUT2D eigenvalue weighted by Gasteiger charge is -2.27. The fraction of sp³-hybridized carbons (Fsp3) is 0.412. The molecule has 6 nitrogen and oxygen atoms in total. The molecule has 0 bridgehead atoms. The molecule has 0 spiro atoms. The van der Waals surface area contributed by atoms with Crippen LogP contribution in [0.25, 0.3) is 0 Å². The summed E-state index contributed by atoms with van der Waals surface area (Å²) in [7, 11) is -0.578. The SMILES string of the molecule is CCOP(=O)(OCC)C(c1cccs1)c1cc(OC)c(OC)cc1O. The smallest absolute Gasteiger partial charge is 0.343 e. The quantitative estimate of drug-likeness (QED) is 0.623. The van der Waals surface area contributed by atoms with Gasteiger partial charge in [0.2, 0.25) is 0 Å². The molecule has 0 aliphatic carbocycles. The van der Waals surface area contributed by atoms with E-state index in [2.05, 4.69) is 0 Å². The van der Waals surface area contributed by atoms with Gasteiger partial charge in [0.15, 0.2) is 11.5 Å². The second-order valence-electron chi connectivity index (χ2n) is 5.06. The first-order valence-electron chi connectivity index (χ1n) is 7.87. The van der Waals surface area contributed by atoms with Crippen molar-refractivity contribution in [1.29, 1.82) is 0 Å². The molecular weight excluding hydrogens is 363 g/mol. The van der Waals surface area contributed by atoms with Crippen LogP contribution < -0.4 is 9.47 Å². The van der Waals surface area contributed by atoms with Gasteiger partial charge < -0.3 is 23.6 Å². The molecule has 1 atom stereocenters. The second kappa shape index (κ2) is 8.72. The minimum atomic E-state index is -3.57. The molecule has 0 saturated carbocycles. The van der Waals surface area contributed by atoms with Crippen LogP contribution in [0.4, 0.5) is 0 Å². The Morgan fingerprint density at radius 3 is 2.20 bits per heavy atom. The minimum absolute atomic E-state index is 0.0596. The highest BCUT2D eigenvalue weighted by atomic mass is 32.1. The van der Waals surface area contributed by atoms with Crippen molar-refractivity contribution in [2.75, 3.05) is 27.4 Å². The first-order valence-corrected chi connectivity index (χ1v) is 10.4. The first-order chi connectivity index (χ1) is 12.0. The monoisotopic (exact) mass is 386 g/mol. The number of rotatable bonds is 9. The van der Waals surface area contributed by atoms with Gasteiger partial charge in [0.25, 0.3) is 0 Å². The Hall–Kier alpha value is -1.53. The standard InChI is InChI=1S/C17H23O6PS/c1-5-22-24(19,23-6-2)17(16-8-7-9-25-16)12-10-14(20-3)15(21-4)11-13(12)18/h7-11,17-18H,5-6H2,1-4H3. The number of methoxy groups -OCH3 is 2. The topological polar surface area (TPSA) is 74.2 Å². The lowest BCUT2D eigenvalue weighted by Crippen LogP contribution is -2.08. The maximum atomic E-state index is 13.5. The van der Waals surface area contributed by atoms with Crippen molar-refractivity contribution in [3.05, 3.63) is 40.1 Å². The summed E-state index contributed by atoms with van der Waals surface area (Å²) < 4.78 is 35.1. The summed E-state index contributed by atoms with van der Waals surface area (Å²) in [4.78, 5) is 0.771. The number of hydrogen-bond acceptors (Lipinski definition) is 7. The van der Waals surface area contributed by atoms with Gasteiger partial charge in [0, 0.05) is 16.5 Å². The van der Waals surface area contributed by atoms with E-state index in [-0.39, 0.29) is 19.0 Å². The Kier molecular flexibility index (Phi) is 6.90. The fourth-order valence-electron chi connectivity index (χ4n) is 2.58. The minimum Gasteiger partial charge on any atom is -0.507 e. The molecule has 1 aromatic heterocycles. The Bertz CT molecular complexity index is 721. The summed E-state index contributed by atoms with van der Waals surface area (Å²) in [5, 5.41) is 12.4. The van der Waals surface area contributed by atoms with Gasteiger partial charge in [0.05, 0.1) is 27.4 Å². The largest absolute Gasteiger partial charge is 0.507 e. The third-order valence-corrected chi connectivity index (χ3v) is 7.11. The van der Waals surface area contributed by atoms with Gasteiger partial charge in [-0.05, 0) is 31.4 Å². The molecule has 0 aliphatic rings. The van der Waals surface area contributed by atoms with Gasteiger partial charge in [-0.1, -0.05) is 6.07 Å². The van der Waals surface area contributed by atoms with E-state index in [1.807, 2.05) is 17.5 Å². The highest BCUT2D eigenvalue weighted by Crippen LogP contribution is 2.65. The van der Waals surface area contributed by atoms with E-state index < -0.39 is 13.3 Å². The van der Waals surface area contributed by atoms with E-state index in [4.69, 9.17) is 18.5 Å². The van der Waals surface area contributed by atoms with Crippen molar-refractivity contribution >= 4 is 18.9 Å². The van der Waals surface area contributed by atoms with E-state index >= 15 is 0 Å². The zero-order chi connectivity index (χ0) is 18.4. The first kappa shape index (κ1) is 19.8. The molecule has 0 amide bonds. The van der Waals surface area contributed by atoms with Crippen LogP contribution in [0, 0.1) is 0 Å². The maximum absolute atomic E-state index is 13.5. The molecule has 1 N–H and O–H groups in total. The predicted octanol–water partition coefficient (Wildman–Crippen LogP) is 4.83. The molecule has 8 heteroatoms. The van der Waals surface area contributed by atoms with E-state index in [0.717, 1.165) is 4.88 Å². The van der Waals surface area contributed by atoms with Crippen molar-refractivity contribution in [2.24, 2.45) is 0 Å². The summed E-state index contributed by atoms with van der Waals surface area (Å²) in [6, 6.07) is 6.75. The number of thiophene rings is 1. The molecule has 0 fully saturated rings. The van der Waals surface area contributed by atoms with Gasteiger partial charge in [-0.25, -0.2) is 0 Å². The van der Waals surface area contributed by atoms with Crippen LogP contribution in [0.3, 0.4) is 0 Å². The normalized spacial score (nSPS) is 12.8. The van der Waals surface area contributed by atoms with Crippen LogP contribution in [-0.4, -0.2) is 32.5 Å². The van der Waals surface area contributed by atoms with E-state index in [1.165, 1.54) is 31.6 Å². The molecule has 2 aromatic rings. The van der Waals surface area contributed by atoms with Gasteiger partial charge in [-0.3, -0.25) is 4.57 Å². The molecule has 0 saturated heterocycles. The molecule has 1 aromatic carbocycles. The van der Waals surface area contributed by atoms with Crippen LogP contribution in [0.1, 0.15) is 29.9 Å². The Morgan fingerprint density at radius 1 is 1.12 bits per heavy atom. The molecule has 1 unspecified atom stereocenters. The number of hydrogen-bond donors (Lipinski definition) is 1. The summed E-state index contributed by atoms with van der Waals surface area (Å²) in [6.45, 7) is 3.97. The van der Waals surface area contributed by atoms with Crippen LogP contribution in [0.15, 0.2) is 29.6 Å². The number of phenolic OH excluding ortho intramolecular Hbond substituents is 1. The highest BCUT2D eigenvalue weighted by molar-refractivity contribution is 7.55. The van der Waals surface area contributed by atoms with E-state index in [9.17, 15) is 9.67 Å². The van der Waals surface area contributed by atoms with Crippen molar-refractivity contribution in [3.63, 3.8) is 0 Å². The molecule has 1 heterocycles. The van der Waals surface area contributed by atoms with Gasteiger partial charge in [-0.2, -0.15) is 0 Å². The Morgan fingerprint density at radius 2 is 1.72 bits per heavy atom. The summed E-state index contributed by atoms with van der Waals surface area (Å²) >= 11 is 1.42. The van der Waals surface area contributed by atoms with Crippen LogP contribution in [0.5, 0.6) is 17.2 Å². The van der Waals surface area contributed by atoms with Gasteiger partial charge in [-0.15, -0.1) is 11.3 Å². The highest BCUT2D eigenvalue weighted by Gasteiger charge is 2.41. The molecule has 2 rings (SSSR count). The van der Waals surface area contributed by atoms with Crippen molar-refractivity contribution in [1.82, 2.24) is 0 Å². The summed E-state index contributed by atoms with van der Waals surface area (Å²) in [5.74, 6) is 0.753. The van der Waals surface area contributed by atoms with Crippen molar-refractivity contribution in [3.8, 4) is 17.2 Å². The van der Waals surface area contributed by atoms with Crippen molar-refractivity contribution in [2.45, 2.75) is 19.5 Å². The number of ether oxygens (including phenoxy) is 2. The fourth-order valence-corrected chi connectivity index (χ4v) is 5.91. The third kappa shape index (κ3) is 4.18. The average Bonchev–Trinajstić information content (AvgIpc) is 3.10.